The van der Waals surface area contributed by atoms with Crippen molar-refractivity contribution < 1.29 is 9.53 Å². The number of hydrogen-bond donors (Lipinski definition) is 2. The van der Waals surface area contributed by atoms with Crippen LogP contribution in [0.15, 0.2) is 0 Å². The van der Waals surface area contributed by atoms with E-state index >= 15 is 0 Å². The molecule has 17 heavy (non-hydrogen) atoms. The highest BCUT2D eigenvalue weighted by molar-refractivity contribution is 5.80. The molecule has 1 aliphatic carbocycles. The molecule has 4 nitrogen and oxygen atoms in total. The summed E-state index contributed by atoms with van der Waals surface area (Å²) in [5, 5.41) is 2.98. The monoisotopic (exact) mass is 242 g/mol. The van der Waals surface area contributed by atoms with Crippen molar-refractivity contribution in [2.45, 2.75) is 52.2 Å². The average Bonchev–Trinajstić information content (AvgIpc) is 3.08. The number of carbonyl (C=O) groups excluding carboxylic acids is 1. The van der Waals surface area contributed by atoms with Crippen molar-refractivity contribution in [1.82, 2.24) is 5.32 Å². The van der Waals surface area contributed by atoms with Crippen LogP contribution in [0, 0.1) is 11.8 Å². The minimum atomic E-state index is -0.374. The molecule has 1 rings (SSSR count). The van der Waals surface area contributed by atoms with Crippen molar-refractivity contribution in [2.24, 2.45) is 17.6 Å². The third-order valence-electron chi connectivity index (χ3n) is 3.20. The Morgan fingerprint density at radius 1 is 1.41 bits per heavy atom. The van der Waals surface area contributed by atoms with Crippen LogP contribution in [0.2, 0.25) is 0 Å². The van der Waals surface area contributed by atoms with Gasteiger partial charge in [0.25, 0.3) is 0 Å². The maximum atomic E-state index is 11.8. The fraction of sp³-hybridized carbons (Fsp3) is 0.923. The maximum absolute atomic E-state index is 11.8. The van der Waals surface area contributed by atoms with Crippen LogP contribution in [0.4, 0.5) is 0 Å². The van der Waals surface area contributed by atoms with Gasteiger partial charge in [0, 0.05) is 19.2 Å². The van der Waals surface area contributed by atoms with Crippen molar-refractivity contribution in [3.05, 3.63) is 0 Å². The molecular weight excluding hydrogens is 216 g/mol. The Bertz CT molecular complexity index is 240. The van der Waals surface area contributed by atoms with Gasteiger partial charge in [0.1, 0.15) is 6.10 Å². The Hall–Kier alpha value is -0.610. The van der Waals surface area contributed by atoms with Gasteiger partial charge in [0.2, 0.25) is 5.91 Å². The predicted octanol–water partition coefficient (Wildman–Crippen LogP) is 1.29. The normalized spacial score (nSPS) is 19.1. The molecule has 0 heterocycles. The molecule has 0 saturated heterocycles. The van der Waals surface area contributed by atoms with E-state index in [1.807, 2.05) is 0 Å². The van der Waals surface area contributed by atoms with Gasteiger partial charge in [-0.3, -0.25) is 4.79 Å². The molecule has 1 saturated carbocycles. The zero-order chi connectivity index (χ0) is 12.8. The molecule has 0 aliphatic heterocycles. The maximum Gasteiger partial charge on any atom is 0.249 e. The molecule has 0 aromatic heterocycles. The summed E-state index contributed by atoms with van der Waals surface area (Å²) in [5.41, 5.74) is 5.65. The van der Waals surface area contributed by atoms with Crippen LogP contribution in [0.5, 0.6) is 0 Å². The van der Waals surface area contributed by atoms with Gasteiger partial charge < -0.3 is 15.8 Å². The molecule has 1 amide bonds. The van der Waals surface area contributed by atoms with E-state index in [0.717, 1.165) is 6.42 Å². The Labute approximate surface area is 104 Å². The fourth-order valence-corrected chi connectivity index (χ4v) is 1.72. The topological polar surface area (TPSA) is 64.3 Å². The number of rotatable bonds is 8. The van der Waals surface area contributed by atoms with Gasteiger partial charge in [0.05, 0.1) is 0 Å². The van der Waals surface area contributed by atoms with Gasteiger partial charge in [-0.15, -0.1) is 0 Å². The van der Waals surface area contributed by atoms with Crippen LogP contribution >= 0.6 is 0 Å². The minimum Gasteiger partial charge on any atom is -0.369 e. The molecule has 0 bridgehead atoms. The number of hydrogen-bond acceptors (Lipinski definition) is 3. The lowest BCUT2D eigenvalue weighted by Crippen LogP contribution is -2.46. The summed E-state index contributed by atoms with van der Waals surface area (Å²) in [4.78, 5) is 11.8. The van der Waals surface area contributed by atoms with Gasteiger partial charge in [-0.1, -0.05) is 13.8 Å². The van der Waals surface area contributed by atoms with Crippen LogP contribution in [0.25, 0.3) is 0 Å². The van der Waals surface area contributed by atoms with Crippen LogP contribution in [-0.2, 0) is 9.53 Å². The number of ether oxygens (including phenoxy) is 1. The first-order chi connectivity index (χ1) is 8.04. The molecule has 2 atom stereocenters. The third-order valence-corrected chi connectivity index (χ3v) is 3.20. The SMILES string of the molecule is CC(C)CCOC(C)C(=O)NC(CN)C1CC1. The fourth-order valence-electron chi connectivity index (χ4n) is 1.72. The first-order valence-corrected chi connectivity index (χ1v) is 6.66. The quantitative estimate of drug-likeness (QED) is 0.674. The highest BCUT2D eigenvalue weighted by Crippen LogP contribution is 2.32. The van der Waals surface area contributed by atoms with E-state index in [1.54, 1.807) is 6.92 Å². The van der Waals surface area contributed by atoms with E-state index in [-0.39, 0.29) is 18.1 Å². The van der Waals surface area contributed by atoms with E-state index in [9.17, 15) is 4.79 Å². The summed E-state index contributed by atoms with van der Waals surface area (Å²) in [6.07, 6.45) is 2.98. The summed E-state index contributed by atoms with van der Waals surface area (Å²) < 4.78 is 5.51. The highest BCUT2D eigenvalue weighted by Gasteiger charge is 2.32. The standard InChI is InChI=1S/C13H26N2O2/c1-9(2)6-7-17-10(3)13(16)15-12(8-14)11-4-5-11/h9-12H,4-8,14H2,1-3H3,(H,15,16). The van der Waals surface area contributed by atoms with Crippen LogP contribution in [0.3, 0.4) is 0 Å². The van der Waals surface area contributed by atoms with Crippen LogP contribution in [0.1, 0.15) is 40.0 Å². The molecule has 0 spiro atoms. The molecule has 1 aliphatic rings. The first kappa shape index (κ1) is 14.5. The first-order valence-electron chi connectivity index (χ1n) is 6.66. The van der Waals surface area contributed by atoms with Crippen LogP contribution < -0.4 is 11.1 Å². The molecule has 0 radical (unpaired) electrons. The average molecular weight is 242 g/mol. The molecule has 0 aromatic rings. The lowest BCUT2D eigenvalue weighted by atomic mass is 10.1. The van der Waals surface area contributed by atoms with Gasteiger partial charge in [-0.05, 0) is 38.0 Å². The summed E-state index contributed by atoms with van der Waals surface area (Å²) in [7, 11) is 0. The predicted molar refractivity (Wildman–Crippen MR) is 68.6 cm³/mol. The number of nitrogens with two attached hydrogens (primary N) is 1. The molecule has 2 unspecified atom stereocenters. The van der Waals surface area contributed by atoms with Crippen molar-refractivity contribution >= 4 is 5.91 Å². The highest BCUT2D eigenvalue weighted by atomic mass is 16.5. The molecule has 100 valence electrons. The number of nitrogens with one attached hydrogen (secondary N) is 1. The van der Waals surface area contributed by atoms with Crippen LogP contribution in [-0.4, -0.2) is 31.2 Å². The van der Waals surface area contributed by atoms with Crippen molar-refractivity contribution in [3.63, 3.8) is 0 Å². The molecule has 3 N–H and O–H groups in total. The lowest BCUT2D eigenvalue weighted by molar-refractivity contribution is -0.132. The van der Waals surface area contributed by atoms with E-state index in [1.165, 1.54) is 12.8 Å². The second-order valence-electron chi connectivity index (χ2n) is 5.38. The summed E-state index contributed by atoms with van der Waals surface area (Å²) in [5.74, 6) is 1.16. The van der Waals surface area contributed by atoms with Crippen molar-refractivity contribution in [2.75, 3.05) is 13.2 Å². The second-order valence-corrected chi connectivity index (χ2v) is 5.38. The van der Waals surface area contributed by atoms with Gasteiger partial charge in [0.15, 0.2) is 0 Å². The summed E-state index contributed by atoms with van der Waals surface area (Å²) in [6, 6.07) is 0.138. The Morgan fingerprint density at radius 3 is 2.53 bits per heavy atom. The number of carbonyl (C=O) groups is 1. The zero-order valence-electron chi connectivity index (χ0n) is 11.2. The van der Waals surface area contributed by atoms with E-state index in [4.69, 9.17) is 10.5 Å². The smallest absolute Gasteiger partial charge is 0.249 e. The van der Waals surface area contributed by atoms with Gasteiger partial charge in [-0.25, -0.2) is 0 Å². The third kappa shape index (κ3) is 5.50. The number of amides is 1. The second kappa shape index (κ2) is 6.97. The van der Waals surface area contributed by atoms with Gasteiger partial charge in [-0.2, -0.15) is 0 Å². The largest absolute Gasteiger partial charge is 0.369 e. The molecule has 1 fully saturated rings. The molecular formula is C13H26N2O2. The summed E-state index contributed by atoms with van der Waals surface area (Å²) in [6.45, 7) is 7.26. The Morgan fingerprint density at radius 2 is 2.06 bits per heavy atom. The summed E-state index contributed by atoms with van der Waals surface area (Å²) >= 11 is 0. The molecule has 0 aromatic carbocycles. The Balaban J connectivity index is 2.20. The minimum absolute atomic E-state index is 0.0314. The van der Waals surface area contributed by atoms with Gasteiger partial charge >= 0.3 is 0 Å². The molecule has 4 heteroatoms. The Kier molecular flexibility index (Phi) is 5.92. The van der Waals surface area contributed by atoms with E-state index in [2.05, 4.69) is 19.2 Å². The zero-order valence-corrected chi connectivity index (χ0v) is 11.2. The van der Waals surface area contributed by atoms with Crippen molar-refractivity contribution in [3.8, 4) is 0 Å². The lowest BCUT2D eigenvalue weighted by Gasteiger charge is -2.19. The van der Waals surface area contributed by atoms with E-state index < -0.39 is 0 Å². The van der Waals surface area contributed by atoms with Crippen molar-refractivity contribution in [1.29, 1.82) is 0 Å². The van der Waals surface area contributed by atoms with E-state index in [0.29, 0.717) is 25.0 Å².